The van der Waals surface area contributed by atoms with Gasteiger partial charge in [0.25, 0.3) is 0 Å². The molecule has 0 unspecified atom stereocenters. The van der Waals surface area contributed by atoms with Crippen LogP contribution in [0.2, 0.25) is 0 Å². The van der Waals surface area contributed by atoms with Crippen molar-refractivity contribution in [3.8, 4) is 0 Å². The van der Waals surface area contributed by atoms with Crippen LogP contribution in [0.25, 0.3) is 4.96 Å². The number of hydrogen-bond acceptors (Lipinski definition) is 5. The molecule has 11 heteroatoms. The lowest BCUT2D eigenvalue weighted by Gasteiger charge is -2.08. The van der Waals surface area contributed by atoms with Gasteiger partial charge in [-0.1, -0.05) is 5.21 Å². The highest BCUT2D eigenvalue weighted by Gasteiger charge is 2.41. The molecule has 0 aliphatic heterocycles. The molecule has 0 aliphatic rings. The lowest BCUT2D eigenvalue weighted by molar-refractivity contribution is -0.144. The molecule has 3 rings (SSSR count). The number of alkyl halides is 3. The Hall–Kier alpha value is -2.43. The third-order valence-electron chi connectivity index (χ3n) is 2.66. The smallest absolute Gasteiger partial charge is 0.435 e. The summed E-state index contributed by atoms with van der Waals surface area (Å²) in [6.07, 6.45) is -1.60. The van der Waals surface area contributed by atoms with Gasteiger partial charge in [-0.2, -0.15) is 13.2 Å². The van der Waals surface area contributed by atoms with Gasteiger partial charge in [0.2, 0.25) is 5.69 Å². The second-order valence-corrected chi connectivity index (χ2v) is 4.95. The second-order valence-electron chi connectivity index (χ2n) is 4.07. The molecule has 3 heterocycles. The Balaban J connectivity index is 2.02. The number of hydrogen-bond donors (Lipinski definition) is 1. The Labute approximate surface area is 118 Å². The molecule has 0 spiro atoms. The van der Waals surface area contributed by atoms with Crippen molar-refractivity contribution >= 4 is 22.3 Å². The minimum absolute atomic E-state index is 0.316. The first-order valence-corrected chi connectivity index (χ1v) is 6.39. The van der Waals surface area contributed by atoms with E-state index in [1.54, 1.807) is 22.2 Å². The van der Waals surface area contributed by atoms with E-state index in [1.807, 2.05) is 0 Å². The molecule has 0 fully saturated rings. The predicted octanol–water partition coefficient (Wildman–Crippen LogP) is 1.75. The Morgan fingerprint density at radius 1 is 1.43 bits per heavy atom. The van der Waals surface area contributed by atoms with Crippen molar-refractivity contribution in [3.63, 3.8) is 0 Å². The van der Waals surface area contributed by atoms with Gasteiger partial charge in [0.15, 0.2) is 10.7 Å². The van der Waals surface area contributed by atoms with Crippen LogP contribution in [0.15, 0.2) is 17.8 Å². The monoisotopic (exact) mass is 317 g/mol. The van der Waals surface area contributed by atoms with E-state index in [9.17, 15) is 18.0 Å². The van der Waals surface area contributed by atoms with Crippen molar-refractivity contribution < 1.29 is 23.1 Å². The molecule has 0 saturated heterocycles. The standard InChI is InChI=1S/C10H6F3N5O2S/c11-10(12,13)7-6(8(19)20)15-16-18(7)4-5-3-17-1-2-21-9(17)14-5/h1-3H,4H2,(H,19,20). The molecular formula is C10H6F3N5O2S. The molecule has 0 aliphatic carbocycles. The van der Waals surface area contributed by atoms with Gasteiger partial charge in [0.05, 0.1) is 12.2 Å². The highest BCUT2D eigenvalue weighted by molar-refractivity contribution is 7.15. The van der Waals surface area contributed by atoms with Crippen LogP contribution in [0.4, 0.5) is 13.2 Å². The molecule has 0 saturated carbocycles. The first-order chi connectivity index (χ1) is 9.86. The zero-order valence-corrected chi connectivity index (χ0v) is 10.9. The summed E-state index contributed by atoms with van der Waals surface area (Å²) >= 11 is 1.33. The number of nitrogens with zero attached hydrogens (tertiary/aromatic N) is 5. The van der Waals surface area contributed by atoms with Crippen LogP contribution in [-0.4, -0.2) is 35.5 Å². The van der Waals surface area contributed by atoms with Gasteiger partial charge in [-0.05, 0) is 0 Å². The summed E-state index contributed by atoms with van der Waals surface area (Å²) in [4.78, 5) is 15.5. The minimum Gasteiger partial charge on any atom is -0.476 e. The third-order valence-corrected chi connectivity index (χ3v) is 3.43. The molecule has 1 N–H and O–H groups in total. The Morgan fingerprint density at radius 2 is 2.19 bits per heavy atom. The van der Waals surface area contributed by atoms with Gasteiger partial charge in [-0.25, -0.2) is 14.5 Å². The van der Waals surface area contributed by atoms with Crippen LogP contribution in [0.1, 0.15) is 21.9 Å². The predicted molar refractivity (Wildman–Crippen MR) is 64.2 cm³/mol. The van der Waals surface area contributed by atoms with Crippen molar-refractivity contribution in [2.75, 3.05) is 0 Å². The SMILES string of the molecule is O=C(O)c1nnn(Cc2cn3ccsc3n2)c1C(F)(F)F. The Bertz CT molecular complexity index is 790. The number of carbonyl (C=O) groups is 1. The van der Waals surface area contributed by atoms with Gasteiger partial charge in [0, 0.05) is 17.8 Å². The van der Waals surface area contributed by atoms with E-state index in [0.717, 1.165) is 0 Å². The largest absolute Gasteiger partial charge is 0.476 e. The molecule has 21 heavy (non-hydrogen) atoms. The summed E-state index contributed by atoms with van der Waals surface area (Å²) in [6.45, 7) is -0.316. The molecule has 3 aromatic rings. The summed E-state index contributed by atoms with van der Waals surface area (Å²) in [5.74, 6) is -1.78. The zero-order chi connectivity index (χ0) is 15.2. The first-order valence-electron chi connectivity index (χ1n) is 5.51. The molecule has 3 aromatic heterocycles. The molecule has 110 valence electrons. The maximum absolute atomic E-state index is 13.0. The van der Waals surface area contributed by atoms with Crippen molar-refractivity contribution in [1.29, 1.82) is 0 Å². The van der Waals surface area contributed by atoms with Gasteiger partial charge in [-0.15, -0.1) is 16.4 Å². The Kier molecular flexibility index (Phi) is 2.93. The van der Waals surface area contributed by atoms with Gasteiger partial charge in [0.1, 0.15) is 0 Å². The number of thiazole rings is 1. The van der Waals surface area contributed by atoms with E-state index in [0.29, 0.717) is 15.3 Å². The van der Waals surface area contributed by atoms with Crippen molar-refractivity contribution in [1.82, 2.24) is 24.4 Å². The number of imidazole rings is 1. The van der Waals surface area contributed by atoms with E-state index in [4.69, 9.17) is 5.11 Å². The molecule has 7 nitrogen and oxygen atoms in total. The highest BCUT2D eigenvalue weighted by Crippen LogP contribution is 2.31. The molecule has 0 bridgehead atoms. The lowest BCUT2D eigenvalue weighted by Crippen LogP contribution is -2.19. The average molecular weight is 317 g/mol. The van der Waals surface area contributed by atoms with E-state index >= 15 is 0 Å². The Morgan fingerprint density at radius 3 is 2.81 bits per heavy atom. The van der Waals surface area contributed by atoms with E-state index in [1.165, 1.54) is 11.3 Å². The van der Waals surface area contributed by atoms with E-state index < -0.39 is 23.5 Å². The quantitative estimate of drug-likeness (QED) is 0.795. The number of fused-ring (bicyclic) bond motifs is 1. The van der Waals surface area contributed by atoms with Gasteiger partial charge in [-0.3, -0.25) is 4.40 Å². The molecule has 0 aromatic carbocycles. The molecule has 0 amide bonds. The van der Waals surface area contributed by atoms with Crippen molar-refractivity contribution in [2.45, 2.75) is 12.7 Å². The number of carboxylic acid groups (broad SMARTS) is 1. The number of aromatic nitrogens is 5. The number of carboxylic acids is 1. The highest BCUT2D eigenvalue weighted by atomic mass is 32.1. The third kappa shape index (κ3) is 2.35. The summed E-state index contributed by atoms with van der Waals surface area (Å²) in [7, 11) is 0. The normalized spacial score (nSPS) is 12.1. The second kappa shape index (κ2) is 4.55. The van der Waals surface area contributed by atoms with E-state index in [-0.39, 0.29) is 6.54 Å². The fourth-order valence-corrected chi connectivity index (χ4v) is 2.57. The van der Waals surface area contributed by atoms with Crippen LogP contribution in [0, 0.1) is 0 Å². The molecule has 0 radical (unpaired) electrons. The maximum Gasteiger partial charge on any atom is 0.435 e. The van der Waals surface area contributed by atoms with Crippen LogP contribution in [0.5, 0.6) is 0 Å². The van der Waals surface area contributed by atoms with E-state index in [2.05, 4.69) is 15.3 Å². The fraction of sp³-hybridized carbons (Fsp3) is 0.200. The van der Waals surface area contributed by atoms with Crippen LogP contribution in [-0.2, 0) is 12.7 Å². The summed E-state index contributed by atoms with van der Waals surface area (Å²) < 4.78 is 41.0. The first kappa shape index (κ1) is 13.5. The molecular weight excluding hydrogens is 311 g/mol. The minimum atomic E-state index is -4.87. The van der Waals surface area contributed by atoms with Gasteiger partial charge >= 0.3 is 12.1 Å². The fourth-order valence-electron chi connectivity index (χ4n) is 1.85. The topological polar surface area (TPSA) is 85.3 Å². The summed E-state index contributed by atoms with van der Waals surface area (Å²) in [5.41, 5.74) is -2.19. The van der Waals surface area contributed by atoms with Crippen LogP contribution >= 0.6 is 11.3 Å². The number of halogens is 3. The van der Waals surface area contributed by atoms with Crippen LogP contribution < -0.4 is 0 Å². The van der Waals surface area contributed by atoms with Crippen molar-refractivity contribution in [2.24, 2.45) is 0 Å². The molecule has 0 atom stereocenters. The maximum atomic E-state index is 13.0. The average Bonchev–Trinajstić information content (AvgIpc) is 3.00. The summed E-state index contributed by atoms with van der Waals surface area (Å²) in [6, 6.07) is 0. The van der Waals surface area contributed by atoms with Crippen LogP contribution in [0.3, 0.4) is 0 Å². The number of rotatable bonds is 3. The lowest BCUT2D eigenvalue weighted by atomic mass is 10.3. The zero-order valence-electron chi connectivity index (χ0n) is 10.1. The van der Waals surface area contributed by atoms with Crippen molar-refractivity contribution in [3.05, 3.63) is 34.9 Å². The van der Waals surface area contributed by atoms with Gasteiger partial charge < -0.3 is 5.11 Å². The number of aromatic carboxylic acids is 1. The summed E-state index contributed by atoms with van der Waals surface area (Å²) in [5, 5.41) is 16.9.